The van der Waals surface area contributed by atoms with Crippen LogP contribution in [0.3, 0.4) is 0 Å². The van der Waals surface area contributed by atoms with Gasteiger partial charge in [-0.1, -0.05) is 51.4 Å². The first kappa shape index (κ1) is 11.8. The summed E-state index contributed by atoms with van der Waals surface area (Å²) in [7, 11) is -1.41. The predicted molar refractivity (Wildman–Crippen MR) is 60.0 cm³/mol. The summed E-state index contributed by atoms with van der Waals surface area (Å²) < 4.78 is 0. The lowest BCUT2D eigenvalue weighted by Gasteiger charge is -2.31. The van der Waals surface area contributed by atoms with E-state index >= 15 is 0 Å². The first-order valence-electron chi connectivity index (χ1n) is 4.09. The van der Waals surface area contributed by atoms with Crippen molar-refractivity contribution in [2.24, 2.45) is 0 Å². The zero-order valence-corrected chi connectivity index (χ0v) is 10.3. The summed E-state index contributed by atoms with van der Waals surface area (Å²) in [4.78, 5) is 0. The van der Waals surface area contributed by atoms with Gasteiger partial charge >= 0.3 is 0 Å². The summed E-state index contributed by atoms with van der Waals surface area (Å²) in [6, 6.07) is 0. The van der Waals surface area contributed by atoms with E-state index < -0.39 is 8.07 Å². The van der Waals surface area contributed by atoms with E-state index in [1.165, 1.54) is 5.54 Å². The molecule has 0 heterocycles. The minimum atomic E-state index is -1.41. The van der Waals surface area contributed by atoms with Crippen LogP contribution in [-0.4, -0.2) is 8.07 Å². The molecular weight excluding hydrogens is 184 g/mol. The molecule has 68 valence electrons. The van der Waals surface area contributed by atoms with Gasteiger partial charge < -0.3 is 0 Å². The first-order valence-corrected chi connectivity index (χ1v) is 7.53. The molecule has 0 bridgehead atoms. The van der Waals surface area contributed by atoms with E-state index in [9.17, 15) is 0 Å². The average Bonchev–Trinajstić information content (AvgIpc) is 1.85. The fourth-order valence-corrected chi connectivity index (χ4v) is 1.32. The zero-order valence-electron chi connectivity index (χ0n) is 8.53. The predicted octanol–water partition coefficient (Wildman–Crippen LogP) is 3.79. The van der Waals surface area contributed by atoms with Gasteiger partial charge in [-0.2, -0.15) is 0 Å². The van der Waals surface area contributed by atoms with Gasteiger partial charge in [0.25, 0.3) is 0 Å². The van der Waals surface area contributed by atoms with Crippen molar-refractivity contribution in [1.29, 1.82) is 0 Å². The Morgan fingerprint density at radius 2 is 1.75 bits per heavy atom. The maximum Gasteiger partial charge on any atom is 0.138 e. The third kappa shape index (κ3) is 3.47. The van der Waals surface area contributed by atoms with E-state index in [0.29, 0.717) is 5.04 Å². The highest BCUT2D eigenvalue weighted by Crippen LogP contribution is 2.34. The number of allylic oxidation sites excluding steroid dienone is 1. The van der Waals surface area contributed by atoms with Gasteiger partial charge in [0.1, 0.15) is 8.07 Å². The zero-order chi connectivity index (χ0) is 9.83. The number of hydrogen-bond donors (Lipinski definition) is 0. The minimum absolute atomic E-state index is 0.333. The average molecular weight is 201 g/mol. The van der Waals surface area contributed by atoms with Crippen LogP contribution in [0.2, 0.25) is 18.1 Å². The maximum absolute atomic E-state index is 5.38. The highest BCUT2D eigenvalue weighted by molar-refractivity contribution is 6.87. The number of hydrogen-bond acceptors (Lipinski definition) is 0. The van der Waals surface area contributed by atoms with Crippen LogP contribution in [-0.2, 0) is 0 Å². The topological polar surface area (TPSA) is 0 Å². The van der Waals surface area contributed by atoms with E-state index in [-0.39, 0.29) is 0 Å². The van der Waals surface area contributed by atoms with Crippen LogP contribution in [0, 0.1) is 11.5 Å². The van der Waals surface area contributed by atoms with Crippen LogP contribution in [0.15, 0.2) is 11.6 Å². The van der Waals surface area contributed by atoms with Gasteiger partial charge in [-0.25, -0.2) is 0 Å². The molecule has 0 aliphatic heterocycles. The molecule has 0 saturated carbocycles. The lowest BCUT2D eigenvalue weighted by molar-refractivity contribution is 0.731. The molecule has 0 unspecified atom stereocenters. The Kier molecular flexibility index (Phi) is 4.09. The molecule has 0 nitrogen and oxygen atoms in total. The molecule has 0 aromatic heterocycles. The Morgan fingerprint density at radius 3 is 2.08 bits per heavy atom. The Bertz CT molecular complexity index is 222. The third-order valence-electron chi connectivity index (χ3n) is 2.41. The molecule has 0 rings (SSSR count). The quantitative estimate of drug-likeness (QED) is 0.412. The SMILES string of the molecule is CC(C)(C)[Si](C)(C)C#CC=CCl. The van der Waals surface area contributed by atoms with Crippen LogP contribution < -0.4 is 0 Å². The molecule has 0 atom stereocenters. The molecule has 0 aromatic carbocycles. The van der Waals surface area contributed by atoms with Gasteiger partial charge in [0.2, 0.25) is 0 Å². The molecular formula is C10H17ClSi. The van der Waals surface area contributed by atoms with Crippen molar-refractivity contribution in [3.8, 4) is 11.5 Å². The van der Waals surface area contributed by atoms with Crippen LogP contribution in [0.1, 0.15) is 20.8 Å². The Labute approximate surface area is 82.0 Å². The van der Waals surface area contributed by atoms with Crippen molar-refractivity contribution in [2.45, 2.75) is 38.9 Å². The summed E-state index contributed by atoms with van der Waals surface area (Å²) in [5.74, 6) is 2.98. The molecule has 0 spiro atoms. The second kappa shape index (κ2) is 4.16. The van der Waals surface area contributed by atoms with E-state index in [0.717, 1.165) is 0 Å². The first-order chi connectivity index (χ1) is 5.31. The van der Waals surface area contributed by atoms with E-state index in [2.05, 4.69) is 45.3 Å². The van der Waals surface area contributed by atoms with Crippen LogP contribution in [0.5, 0.6) is 0 Å². The lowest BCUT2D eigenvalue weighted by atomic mass is 10.2. The third-order valence-corrected chi connectivity index (χ3v) is 7.05. The molecule has 0 fully saturated rings. The number of halogens is 1. The second-order valence-electron chi connectivity index (χ2n) is 4.44. The summed E-state index contributed by atoms with van der Waals surface area (Å²) in [6.07, 6.45) is 1.70. The molecule has 0 aliphatic carbocycles. The molecule has 2 heteroatoms. The van der Waals surface area contributed by atoms with Crippen molar-refractivity contribution in [1.82, 2.24) is 0 Å². The minimum Gasteiger partial charge on any atom is -0.126 e. The summed E-state index contributed by atoms with van der Waals surface area (Å²) in [5.41, 5.74) is 4.78. The van der Waals surface area contributed by atoms with Crippen LogP contribution in [0.25, 0.3) is 0 Å². The van der Waals surface area contributed by atoms with Gasteiger partial charge in [0.05, 0.1) is 0 Å². The van der Waals surface area contributed by atoms with Gasteiger partial charge in [-0.15, -0.1) is 5.54 Å². The molecule has 0 aliphatic rings. The summed E-state index contributed by atoms with van der Waals surface area (Å²) in [5, 5.41) is 0.333. The fourth-order valence-electron chi connectivity index (χ4n) is 0.441. The molecule has 12 heavy (non-hydrogen) atoms. The Morgan fingerprint density at radius 1 is 1.25 bits per heavy atom. The normalized spacial score (nSPS) is 12.8. The van der Waals surface area contributed by atoms with Crippen LogP contribution >= 0.6 is 11.6 Å². The molecule has 0 radical (unpaired) electrons. The van der Waals surface area contributed by atoms with Crippen molar-refractivity contribution in [2.75, 3.05) is 0 Å². The highest BCUT2D eigenvalue weighted by Gasteiger charge is 2.33. The van der Waals surface area contributed by atoms with Crippen molar-refractivity contribution in [3.05, 3.63) is 11.6 Å². The van der Waals surface area contributed by atoms with Crippen LogP contribution in [0.4, 0.5) is 0 Å². The summed E-state index contributed by atoms with van der Waals surface area (Å²) in [6.45, 7) is 11.3. The molecule has 0 N–H and O–H groups in total. The number of rotatable bonds is 0. The fraction of sp³-hybridized carbons (Fsp3) is 0.600. The van der Waals surface area contributed by atoms with E-state index in [1.54, 1.807) is 6.08 Å². The van der Waals surface area contributed by atoms with E-state index in [1.807, 2.05) is 0 Å². The Hall–Kier alpha value is -0.193. The Balaban J connectivity index is 4.57. The standard InChI is InChI=1S/C10H17ClSi/c1-10(2,3)12(4,5)9-7-6-8-11/h6,8H,1-5H3. The molecule has 0 saturated heterocycles. The van der Waals surface area contributed by atoms with Crippen molar-refractivity contribution in [3.63, 3.8) is 0 Å². The van der Waals surface area contributed by atoms with Gasteiger partial charge in [0, 0.05) is 5.54 Å². The van der Waals surface area contributed by atoms with Gasteiger partial charge in [-0.05, 0) is 11.1 Å². The molecule has 0 aromatic rings. The maximum atomic E-state index is 5.38. The van der Waals surface area contributed by atoms with E-state index in [4.69, 9.17) is 11.6 Å². The van der Waals surface area contributed by atoms with Gasteiger partial charge in [0.15, 0.2) is 0 Å². The van der Waals surface area contributed by atoms with Crippen molar-refractivity contribution < 1.29 is 0 Å². The van der Waals surface area contributed by atoms with Gasteiger partial charge in [-0.3, -0.25) is 0 Å². The highest BCUT2D eigenvalue weighted by atomic mass is 35.5. The lowest BCUT2D eigenvalue weighted by Crippen LogP contribution is -2.35. The largest absolute Gasteiger partial charge is 0.138 e. The monoisotopic (exact) mass is 200 g/mol. The molecule has 0 amide bonds. The second-order valence-corrected chi connectivity index (χ2v) is 9.69. The smallest absolute Gasteiger partial charge is 0.126 e. The van der Waals surface area contributed by atoms with Crippen molar-refractivity contribution >= 4 is 19.7 Å². The summed E-state index contributed by atoms with van der Waals surface area (Å²) >= 11 is 5.38.